The monoisotopic (exact) mass is 808 g/mol. The number of piperidine rings is 1. The fourth-order valence-corrected chi connectivity index (χ4v) is 7.42. The van der Waals surface area contributed by atoms with Gasteiger partial charge in [-0.1, -0.05) is 13.5 Å². The van der Waals surface area contributed by atoms with Gasteiger partial charge in [0.15, 0.2) is 5.78 Å². The van der Waals surface area contributed by atoms with Crippen LogP contribution in [-0.2, 0) is 31.8 Å². The zero-order valence-corrected chi connectivity index (χ0v) is 31.4. The molecule has 1 saturated heterocycles. The normalized spacial score (nSPS) is 17.7. The van der Waals surface area contributed by atoms with Crippen LogP contribution < -0.4 is 14.8 Å². The highest BCUT2D eigenvalue weighted by atomic mass is 19.4. The van der Waals surface area contributed by atoms with Crippen LogP contribution in [0.4, 0.5) is 18.9 Å². The lowest BCUT2D eigenvalue weighted by Gasteiger charge is -2.31. The van der Waals surface area contributed by atoms with E-state index in [9.17, 15) is 32.3 Å². The first-order valence-electron chi connectivity index (χ1n) is 18.9. The van der Waals surface area contributed by atoms with Gasteiger partial charge in [0.2, 0.25) is 0 Å². The molecule has 58 heavy (non-hydrogen) atoms. The van der Waals surface area contributed by atoms with Gasteiger partial charge in [0.05, 0.1) is 63.2 Å². The van der Waals surface area contributed by atoms with E-state index in [1.54, 1.807) is 29.2 Å². The number of aromatic nitrogens is 3. The van der Waals surface area contributed by atoms with Gasteiger partial charge in [-0.15, -0.1) is 0 Å². The molecule has 1 saturated carbocycles. The molecule has 0 bridgehead atoms. The number of rotatable bonds is 15. The number of methoxy groups -OCH3 is 1. The summed E-state index contributed by atoms with van der Waals surface area (Å²) in [4.78, 5) is 57.1. The Hall–Kier alpha value is -5.39. The highest BCUT2D eigenvalue weighted by Crippen LogP contribution is 2.34. The number of anilines is 1. The van der Waals surface area contributed by atoms with Crippen LogP contribution >= 0.6 is 0 Å². The Morgan fingerprint density at radius 3 is 2.45 bits per heavy atom. The van der Waals surface area contributed by atoms with Crippen LogP contribution in [-0.4, -0.2) is 114 Å². The maximum Gasteiger partial charge on any atom is 0.433 e. The molecule has 1 aliphatic carbocycles. The summed E-state index contributed by atoms with van der Waals surface area (Å²) in [5.41, 5.74) is 0.795. The largest absolute Gasteiger partial charge is 0.494 e. The van der Waals surface area contributed by atoms with Crippen molar-refractivity contribution in [2.24, 2.45) is 0 Å². The van der Waals surface area contributed by atoms with E-state index < -0.39 is 23.8 Å². The summed E-state index contributed by atoms with van der Waals surface area (Å²) < 4.78 is 64.0. The van der Waals surface area contributed by atoms with Gasteiger partial charge in [-0.05, 0) is 61.2 Å². The van der Waals surface area contributed by atoms with Crippen molar-refractivity contribution in [2.75, 3.05) is 65.1 Å². The Morgan fingerprint density at radius 2 is 1.71 bits per heavy atom. The molecule has 1 unspecified atom stereocenters. The molecule has 7 rings (SSSR count). The molecule has 3 aliphatic rings. The Kier molecular flexibility index (Phi) is 13.4. The van der Waals surface area contributed by atoms with Crippen molar-refractivity contribution in [3.05, 3.63) is 77.2 Å². The minimum Gasteiger partial charge on any atom is -0.494 e. The van der Waals surface area contributed by atoms with Crippen LogP contribution in [0, 0.1) is 0 Å². The first kappa shape index (κ1) is 42.2. The van der Waals surface area contributed by atoms with E-state index in [-0.39, 0.29) is 43.1 Å². The molecule has 0 radical (unpaired) electrons. The van der Waals surface area contributed by atoms with Gasteiger partial charge in [-0.25, -0.2) is 4.98 Å². The van der Waals surface area contributed by atoms with Crippen molar-refractivity contribution in [3.63, 3.8) is 0 Å². The van der Waals surface area contributed by atoms with E-state index in [0.717, 1.165) is 55.6 Å². The van der Waals surface area contributed by atoms with E-state index in [1.807, 2.05) is 16.9 Å². The third-order valence-corrected chi connectivity index (χ3v) is 10.4. The average Bonchev–Trinajstić information content (AvgIpc) is 3.76. The van der Waals surface area contributed by atoms with Crippen molar-refractivity contribution in [2.45, 2.75) is 64.3 Å². The molecular weight excluding hydrogens is 761 g/mol. The number of hydrogen-bond donors (Lipinski definition) is 1. The number of nitrogens with zero attached hydrogens (tertiary/aromatic N) is 5. The third kappa shape index (κ3) is 9.82. The molecule has 2 aliphatic heterocycles. The maximum absolute atomic E-state index is 13.1. The van der Waals surface area contributed by atoms with E-state index in [2.05, 4.69) is 15.2 Å². The maximum atomic E-state index is 13.1. The number of fused-ring (bicyclic) bond motifs is 2. The standard InChI is InChI=1S/C40H43F3N6O8.CH4/c1-54-36-22-32-26(20-33(36)45-38(52)31-3-2-4-37(44-31)40(41,42)43)24-49(46-32)27-9-11-47(12-10-27)13-14-55-15-16-56-17-18-57-29-6-7-30-25(19-29)23-48(39(30)53)34-8-5-28(50)21-35(34)51;/h2-4,6-7,19-20,22,24,27,34H,5,8-18,21,23H2,1H3,(H,45,52);1H4. The van der Waals surface area contributed by atoms with Crippen LogP contribution in [0.5, 0.6) is 11.5 Å². The summed E-state index contributed by atoms with van der Waals surface area (Å²) >= 11 is 0. The lowest BCUT2D eigenvalue weighted by molar-refractivity contribution is -0.141. The van der Waals surface area contributed by atoms with Crippen molar-refractivity contribution in [1.82, 2.24) is 24.6 Å². The number of ether oxygens (including phenoxy) is 4. The molecule has 4 heterocycles. The first-order chi connectivity index (χ1) is 27.5. The predicted molar refractivity (Wildman–Crippen MR) is 206 cm³/mol. The fraction of sp³-hybridized carbons (Fsp3) is 0.463. The lowest BCUT2D eigenvalue weighted by Crippen LogP contribution is -2.44. The van der Waals surface area contributed by atoms with Crippen molar-refractivity contribution >= 4 is 40.0 Å². The van der Waals surface area contributed by atoms with E-state index in [4.69, 9.17) is 24.0 Å². The van der Waals surface area contributed by atoms with Gasteiger partial charge >= 0.3 is 6.18 Å². The summed E-state index contributed by atoms with van der Waals surface area (Å²) in [5, 5.41) is 8.12. The highest BCUT2D eigenvalue weighted by Gasteiger charge is 2.39. The minimum atomic E-state index is -4.67. The van der Waals surface area contributed by atoms with Crippen LogP contribution in [0.3, 0.4) is 0 Å². The second-order valence-corrected chi connectivity index (χ2v) is 14.2. The molecule has 1 atom stereocenters. The molecule has 2 aromatic heterocycles. The van der Waals surface area contributed by atoms with Crippen LogP contribution in [0.2, 0.25) is 0 Å². The van der Waals surface area contributed by atoms with E-state index in [1.165, 1.54) is 13.2 Å². The number of carbonyl (C=O) groups is 4. The van der Waals surface area contributed by atoms with Crippen molar-refractivity contribution < 1.29 is 51.3 Å². The molecular formula is C41H47F3N6O8. The van der Waals surface area contributed by atoms with E-state index in [0.29, 0.717) is 80.7 Å². The Labute approximate surface area is 333 Å². The molecule has 4 aromatic rings. The molecule has 2 amide bonds. The SMILES string of the molecule is C.COc1cc2nn(C3CCN(CCOCCOCCOc4ccc5c(c4)CN(C4CCC(=O)CC4=O)C5=O)CC3)cc2cc1NC(=O)c1cccc(C(F)(F)F)n1. The highest BCUT2D eigenvalue weighted by molar-refractivity contribution is 6.07. The first-order valence-corrected chi connectivity index (χ1v) is 18.9. The lowest BCUT2D eigenvalue weighted by atomic mass is 9.92. The zero-order valence-electron chi connectivity index (χ0n) is 31.4. The van der Waals surface area contributed by atoms with Gasteiger partial charge in [0, 0.05) is 55.8 Å². The number of carbonyl (C=O) groups excluding carboxylic acids is 4. The third-order valence-electron chi connectivity index (χ3n) is 10.4. The second kappa shape index (κ2) is 18.5. The van der Waals surface area contributed by atoms with Gasteiger partial charge in [-0.2, -0.15) is 18.3 Å². The van der Waals surface area contributed by atoms with Crippen molar-refractivity contribution in [3.8, 4) is 11.5 Å². The number of amides is 2. The van der Waals surface area contributed by atoms with Gasteiger partial charge in [0.25, 0.3) is 11.8 Å². The number of pyridine rings is 1. The smallest absolute Gasteiger partial charge is 0.433 e. The summed E-state index contributed by atoms with van der Waals surface area (Å²) in [6.07, 6.45) is -0.440. The molecule has 14 nitrogen and oxygen atoms in total. The quantitative estimate of drug-likeness (QED) is 0.116. The summed E-state index contributed by atoms with van der Waals surface area (Å²) in [6.45, 7) is 4.95. The topological polar surface area (TPSA) is 154 Å². The summed E-state index contributed by atoms with van der Waals surface area (Å²) in [7, 11) is 1.44. The predicted octanol–water partition coefficient (Wildman–Crippen LogP) is 5.74. The summed E-state index contributed by atoms with van der Waals surface area (Å²) in [6, 6.07) is 11.4. The van der Waals surface area contributed by atoms with Gasteiger partial charge < -0.3 is 34.1 Å². The second-order valence-electron chi connectivity index (χ2n) is 14.2. The molecule has 1 N–H and O–H groups in total. The molecule has 2 aromatic carbocycles. The van der Waals surface area contributed by atoms with Crippen LogP contribution in [0.1, 0.15) is 77.7 Å². The minimum absolute atomic E-state index is 0. The van der Waals surface area contributed by atoms with E-state index >= 15 is 0 Å². The van der Waals surface area contributed by atoms with Gasteiger partial charge in [0.1, 0.15) is 35.3 Å². The molecule has 2 fully saturated rings. The Bertz CT molecular complexity index is 2130. The number of benzene rings is 2. The number of nitrogens with one attached hydrogen (secondary N) is 1. The molecule has 0 spiro atoms. The Morgan fingerprint density at radius 1 is 0.948 bits per heavy atom. The fourth-order valence-electron chi connectivity index (χ4n) is 7.42. The molecule has 17 heteroatoms. The zero-order chi connectivity index (χ0) is 40.1. The number of halogens is 3. The van der Waals surface area contributed by atoms with Crippen LogP contribution in [0.15, 0.2) is 54.7 Å². The number of hydrogen-bond acceptors (Lipinski definition) is 11. The molecule has 310 valence electrons. The number of likely N-dealkylation sites (tertiary alicyclic amines) is 1. The summed E-state index contributed by atoms with van der Waals surface area (Å²) in [5.74, 6) is -0.310. The average molecular weight is 809 g/mol. The van der Waals surface area contributed by atoms with Crippen molar-refractivity contribution in [1.29, 1.82) is 0 Å². The van der Waals surface area contributed by atoms with Crippen LogP contribution in [0.25, 0.3) is 10.9 Å². The number of alkyl halides is 3. The number of Topliss-reactive ketones (excluding diaryl/α,β-unsaturated/α-hetero) is 2. The number of ketones is 2. The van der Waals surface area contributed by atoms with Gasteiger partial charge in [-0.3, -0.25) is 23.9 Å². The Balaban J connectivity index is 0.00000567.